The Morgan fingerprint density at radius 2 is 2.20 bits per heavy atom. The molecule has 1 atom stereocenters. The molecule has 1 unspecified atom stereocenters. The van der Waals surface area contributed by atoms with Crippen LogP contribution in [0.4, 0.5) is 5.82 Å². The molecule has 8 heteroatoms. The van der Waals surface area contributed by atoms with Crippen LogP contribution < -0.4 is 10.9 Å². The number of likely N-dealkylation sites (tertiary alicyclic amines) is 1. The fourth-order valence-electron chi connectivity index (χ4n) is 3.13. The summed E-state index contributed by atoms with van der Waals surface area (Å²) in [6.07, 6.45) is 6.56. The molecule has 25 heavy (non-hydrogen) atoms. The molecule has 1 saturated heterocycles. The molecule has 1 aliphatic heterocycles. The molecule has 0 saturated carbocycles. The van der Waals surface area contributed by atoms with Crippen molar-refractivity contribution in [2.45, 2.75) is 31.8 Å². The van der Waals surface area contributed by atoms with E-state index in [0.717, 1.165) is 25.9 Å². The van der Waals surface area contributed by atoms with Crippen molar-refractivity contribution in [2.24, 2.45) is 0 Å². The minimum absolute atomic E-state index is 0.0765. The monoisotopic (exact) mass is 339 g/mol. The molecule has 130 valence electrons. The van der Waals surface area contributed by atoms with Gasteiger partial charge in [-0.05, 0) is 31.5 Å². The molecule has 0 spiro atoms. The highest BCUT2D eigenvalue weighted by molar-refractivity contribution is 5.50. The standard InChI is InChI=1S/C17H21N7O/c18-12-14-6-8-20-22-17(14)19-13-15-4-1-2-9-23(15)10-11-24-16(25)5-3-7-21-24/h3,5-8,15H,1-2,4,9-11,13H2,(H,19,22). The zero-order chi connectivity index (χ0) is 17.5. The maximum atomic E-state index is 11.8. The number of piperidine rings is 1. The smallest absolute Gasteiger partial charge is 0.266 e. The summed E-state index contributed by atoms with van der Waals surface area (Å²) in [7, 11) is 0. The average molecular weight is 339 g/mol. The lowest BCUT2D eigenvalue weighted by Gasteiger charge is -2.35. The van der Waals surface area contributed by atoms with E-state index in [1.54, 1.807) is 18.3 Å². The molecule has 0 amide bonds. The molecule has 0 aromatic carbocycles. The molecule has 1 aliphatic rings. The summed E-state index contributed by atoms with van der Waals surface area (Å²) in [5.41, 5.74) is 0.421. The van der Waals surface area contributed by atoms with E-state index in [1.807, 2.05) is 0 Å². The second-order valence-electron chi connectivity index (χ2n) is 6.06. The summed E-state index contributed by atoms with van der Waals surface area (Å²) < 4.78 is 1.50. The van der Waals surface area contributed by atoms with Crippen LogP contribution in [0.3, 0.4) is 0 Å². The van der Waals surface area contributed by atoms with Gasteiger partial charge in [0.1, 0.15) is 6.07 Å². The molecular formula is C17H21N7O. The quantitative estimate of drug-likeness (QED) is 0.833. The van der Waals surface area contributed by atoms with Gasteiger partial charge >= 0.3 is 0 Å². The van der Waals surface area contributed by atoms with Crippen LogP contribution in [0.2, 0.25) is 0 Å². The van der Waals surface area contributed by atoms with Gasteiger partial charge in [0, 0.05) is 31.4 Å². The van der Waals surface area contributed by atoms with Gasteiger partial charge in [0.2, 0.25) is 0 Å². The first-order valence-corrected chi connectivity index (χ1v) is 8.50. The van der Waals surface area contributed by atoms with Gasteiger partial charge in [-0.25, -0.2) is 4.68 Å². The maximum absolute atomic E-state index is 11.8. The number of nitriles is 1. The molecular weight excluding hydrogens is 318 g/mol. The zero-order valence-corrected chi connectivity index (χ0v) is 14.0. The molecule has 8 nitrogen and oxygen atoms in total. The van der Waals surface area contributed by atoms with Crippen LogP contribution in [0, 0.1) is 11.3 Å². The van der Waals surface area contributed by atoms with Crippen LogP contribution in [-0.4, -0.2) is 50.6 Å². The van der Waals surface area contributed by atoms with Crippen molar-refractivity contribution in [2.75, 3.05) is 25.0 Å². The second kappa shape index (κ2) is 8.35. The Balaban J connectivity index is 1.60. The summed E-state index contributed by atoms with van der Waals surface area (Å²) in [5.74, 6) is 0.525. The minimum atomic E-state index is -0.0765. The Hall–Kier alpha value is -2.79. The van der Waals surface area contributed by atoms with Crippen LogP contribution in [0.25, 0.3) is 0 Å². The van der Waals surface area contributed by atoms with E-state index >= 15 is 0 Å². The summed E-state index contributed by atoms with van der Waals surface area (Å²) in [6, 6.07) is 7.29. The van der Waals surface area contributed by atoms with Crippen LogP contribution in [-0.2, 0) is 6.54 Å². The Labute approximate surface area is 146 Å². The Bertz CT molecular complexity index is 798. The highest BCUT2D eigenvalue weighted by atomic mass is 16.1. The third kappa shape index (κ3) is 4.39. The molecule has 1 N–H and O–H groups in total. The normalized spacial score (nSPS) is 17.8. The van der Waals surface area contributed by atoms with Gasteiger partial charge in [-0.2, -0.15) is 15.5 Å². The van der Waals surface area contributed by atoms with E-state index in [0.29, 0.717) is 30.5 Å². The first kappa shape index (κ1) is 17.0. The number of rotatable bonds is 6. The molecule has 2 aromatic heterocycles. The van der Waals surface area contributed by atoms with Gasteiger partial charge in [-0.3, -0.25) is 9.69 Å². The van der Waals surface area contributed by atoms with Crippen LogP contribution in [0.1, 0.15) is 24.8 Å². The van der Waals surface area contributed by atoms with Gasteiger partial charge in [0.05, 0.1) is 18.3 Å². The summed E-state index contributed by atoms with van der Waals surface area (Å²) in [5, 5.41) is 24.3. The highest BCUT2D eigenvalue weighted by Gasteiger charge is 2.22. The first-order valence-electron chi connectivity index (χ1n) is 8.50. The Morgan fingerprint density at radius 3 is 3.04 bits per heavy atom. The summed E-state index contributed by atoms with van der Waals surface area (Å²) in [6.45, 7) is 3.05. The van der Waals surface area contributed by atoms with Crippen molar-refractivity contribution in [1.29, 1.82) is 5.26 Å². The van der Waals surface area contributed by atoms with Gasteiger partial charge in [0.15, 0.2) is 5.82 Å². The van der Waals surface area contributed by atoms with Gasteiger partial charge in [-0.15, -0.1) is 5.10 Å². The number of hydrogen-bond acceptors (Lipinski definition) is 7. The average Bonchev–Trinajstić information content (AvgIpc) is 2.66. The van der Waals surface area contributed by atoms with Crippen molar-refractivity contribution >= 4 is 5.82 Å². The summed E-state index contributed by atoms with van der Waals surface area (Å²) >= 11 is 0. The second-order valence-corrected chi connectivity index (χ2v) is 6.06. The third-order valence-corrected chi connectivity index (χ3v) is 4.48. The van der Waals surface area contributed by atoms with E-state index in [1.165, 1.54) is 23.4 Å². The SMILES string of the molecule is N#Cc1ccnnc1NCC1CCCCN1CCn1ncccc1=O. The van der Waals surface area contributed by atoms with E-state index in [-0.39, 0.29) is 5.56 Å². The number of anilines is 1. The predicted octanol–water partition coefficient (Wildman–Crippen LogP) is 0.872. The predicted molar refractivity (Wildman–Crippen MR) is 92.9 cm³/mol. The van der Waals surface area contributed by atoms with Crippen LogP contribution >= 0.6 is 0 Å². The van der Waals surface area contributed by atoms with Crippen molar-refractivity contribution in [1.82, 2.24) is 24.9 Å². The van der Waals surface area contributed by atoms with Crippen molar-refractivity contribution < 1.29 is 0 Å². The van der Waals surface area contributed by atoms with Crippen molar-refractivity contribution in [3.63, 3.8) is 0 Å². The van der Waals surface area contributed by atoms with Crippen LogP contribution in [0.5, 0.6) is 0 Å². The third-order valence-electron chi connectivity index (χ3n) is 4.48. The molecule has 0 aliphatic carbocycles. The number of nitrogens with zero attached hydrogens (tertiary/aromatic N) is 6. The lowest BCUT2D eigenvalue weighted by molar-refractivity contribution is 0.148. The fraction of sp³-hybridized carbons (Fsp3) is 0.471. The molecule has 0 bridgehead atoms. The minimum Gasteiger partial charge on any atom is -0.366 e. The lowest BCUT2D eigenvalue weighted by atomic mass is 10.0. The molecule has 3 heterocycles. The van der Waals surface area contributed by atoms with Crippen molar-refractivity contribution in [3.05, 3.63) is 46.5 Å². The maximum Gasteiger partial charge on any atom is 0.266 e. The molecule has 2 aromatic rings. The zero-order valence-electron chi connectivity index (χ0n) is 14.0. The van der Waals surface area contributed by atoms with E-state index in [4.69, 9.17) is 5.26 Å². The first-order chi connectivity index (χ1) is 12.3. The number of aromatic nitrogens is 4. The fourth-order valence-corrected chi connectivity index (χ4v) is 3.13. The summed E-state index contributed by atoms with van der Waals surface area (Å²) in [4.78, 5) is 14.2. The lowest BCUT2D eigenvalue weighted by Crippen LogP contribution is -2.45. The van der Waals surface area contributed by atoms with E-state index < -0.39 is 0 Å². The van der Waals surface area contributed by atoms with E-state index in [2.05, 4.69) is 31.6 Å². The van der Waals surface area contributed by atoms with Gasteiger partial charge in [-0.1, -0.05) is 6.42 Å². The number of hydrogen-bond donors (Lipinski definition) is 1. The Kier molecular flexibility index (Phi) is 5.69. The van der Waals surface area contributed by atoms with Crippen LogP contribution in [0.15, 0.2) is 35.4 Å². The molecule has 1 fully saturated rings. The topological polar surface area (TPSA) is 99.7 Å². The van der Waals surface area contributed by atoms with Gasteiger partial charge < -0.3 is 5.32 Å². The Morgan fingerprint density at radius 1 is 1.28 bits per heavy atom. The van der Waals surface area contributed by atoms with Gasteiger partial charge in [0.25, 0.3) is 5.56 Å². The highest BCUT2D eigenvalue weighted by Crippen LogP contribution is 2.18. The van der Waals surface area contributed by atoms with E-state index in [9.17, 15) is 4.79 Å². The largest absolute Gasteiger partial charge is 0.366 e. The number of nitrogens with one attached hydrogen (secondary N) is 1. The van der Waals surface area contributed by atoms with Crippen molar-refractivity contribution in [3.8, 4) is 6.07 Å². The molecule has 3 rings (SSSR count). The molecule has 0 radical (unpaired) electrons.